The number of hydrogen-bond acceptors (Lipinski definition) is 3. The van der Waals surface area contributed by atoms with Crippen LogP contribution in [0.3, 0.4) is 0 Å². The number of para-hydroxylation sites is 1. The Balaban J connectivity index is 1.39. The highest BCUT2D eigenvalue weighted by Gasteiger charge is 2.30. The van der Waals surface area contributed by atoms with Crippen molar-refractivity contribution in [1.82, 2.24) is 9.88 Å². The van der Waals surface area contributed by atoms with Crippen molar-refractivity contribution >= 4 is 5.91 Å². The van der Waals surface area contributed by atoms with Gasteiger partial charge in [0.2, 0.25) is 5.91 Å². The Hall–Kier alpha value is -2.36. The fourth-order valence-electron chi connectivity index (χ4n) is 4.97. The molecule has 4 nitrogen and oxygen atoms in total. The van der Waals surface area contributed by atoms with Crippen molar-refractivity contribution in [3.05, 3.63) is 59.4 Å². The molecule has 1 amide bonds. The van der Waals surface area contributed by atoms with Gasteiger partial charge in [0, 0.05) is 43.2 Å². The first kappa shape index (κ1) is 20.9. The summed E-state index contributed by atoms with van der Waals surface area (Å²) in [6.45, 7) is 4.43. The van der Waals surface area contributed by atoms with E-state index < -0.39 is 0 Å². The van der Waals surface area contributed by atoms with Crippen molar-refractivity contribution < 1.29 is 9.53 Å². The first-order valence-corrected chi connectivity index (χ1v) is 11.7. The number of aromatic nitrogens is 1. The molecule has 1 aromatic heterocycles. The standard InChI is InChI=1S/C26H34N2O2/c1-2-30-25-13-7-6-11-22(25)17-20-14-15-24(27-18-20)23-12-8-16-28(19-23)26(29)21-9-4-3-5-10-21/h6-7,11,13-15,18,21,23H,2-5,8-10,12,16-17,19H2,1H3/t23-/m1/s1. The molecule has 2 fully saturated rings. The minimum atomic E-state index is 0.262. The van der Waals surface area contributed by atoms with Crippen LogP contribution in [0.4, 0.5) is 0 Å². The summed E-state index contributed by atoms with van der Waals surface area (Å²) in [5, 5.41) is 0. The molecule has 1 aromatic carbocycles. The quantitative estimate of drug-likeness (QED) is 0.649. The summed E-state index contributed by atoms with van der Waals surface area (Å²) in [5.74, 6) is 1.96. The van der Waals surface area contributed by atoms with Crippen LogP contribution in [-0.2, 0) is 11.2 Å². The monoisotopic (exact) mass is 406 g/mol. The molecule has 0 spiro atoms. The van der Waals surface area contributed by atoms with E-state index in [1.54, 1.807) is 0 Å². The van der Waals surface area contributed by atoms with E-state index in [0.29, 0.717) is 18.4 Å². The second kappa shape index (κ2) is 10.1. The lowest BCUT2D eigenvalue weighted by Crippen LogP contribution is -2.43. The van der Waals surface area contributed by atoms with Gasteiger partial charge in [-0.15, -0.1) is 0 Å². The lowest BCUT2D eigenvalue weighted by Gasteiger charge is -2.35. The van der Waals surface area contributed by atoms with Crippen LogP contribution in [0.5, 0.6) is 5.75 Å². The van der Waals surface area contributed by atoms with Crippen LogP contribution in [-0.4, -0.2) is 35.5 Å². The maximum Gasteiger partial charge on any atom is 0.225 e. The molecule has 4 heteroatoms. The van der Waals surface area contributed by atoms with Crippen LogP contribution in [0, 0.1) is 5.92 Å². The molecular weight excluding hydrogens is 372 g/mol. The number of piperidine rings is 1. The number of benzene rings is 1. The van der Waals surface area contributed by atoms with Gasteiger partial charge in [0.1, 0.15) is 5.75 Å². The third kappa shape index (κ3) is 5.03. The van der Waals surface area contributed by atoms with Gasteiger partial charge in [0.25, 0.3) is 0 Å². The van der Waals surface area contributed by atoms with E-state index in [-0.39, 0.29) is 5.92 Å². The zero-order chi connectivity index (χ0) is 20.8. The molecule has 0 N–H and O–H groups in total. The van der Waals surface area contributed by atoms with Gasteiger partial charge < -0.3 is 9.64 Å². The summed E-state index contributed by atoms with van der Waals surface area (Å²) in [6, 6.07) is 12.6. The van der Waals surface area contributed by atoms with Crippen molar-refractivity contribution in [1.29, 1.82) is 0 Å². The molecule has 2 heterocycles. The van der Waals surface area contributed by atoms with Crippen LogP contribution >= 0.6 is 0 Å². The van der Waals surface area contributed by atoms with E-state index in [9.17, 15) is 4.79 Å². The van der Waals surface area contributed by atoms with Crippen molar-refractivity contribution in [3.8, 4) is 5.75 Å². The first-order valence-electron chi connectivity index (χ1n) is 11.7. The topological polar surface area (TPSA) is 42.4 Å². The molecule has 1 aliphatic carbocycles. The third-order valence-corrected chi connectivity index (χ3v) is 6.62. The molecule has 0 radical (unpaired) electrons. The Morgan fingerprint density at radius 3 is 2.67 bits per heavy atom. The lowest BCUT2D eigenvalue weighted by molar-refractivity contribution is -0.137. The fourth-order valence-corrected chi connectivity index (χ4v) is 4.97. The highest BCUT2D eigenvalue weighted by Crippen LogP contribution is 2.30. The van der Waals surface area contributed by atoms with E-state index in [4.69, 9.17) is 9.72 Å². The minimum Gasteiger partial charge on any atom is -0.494 e. The van der Waals surface area contributed by atoms with Gasteiger partial charge in [0.15, 0.2) is 0 Å². The van der Waals surface area contributed by atoms with Gasteiger partial charge in [-0.25, -0.2) is 0 Å². The predicted octanol–water partition coefficient (Wildman–Crippen LogP) is 5.36. The van der Waals surface area contributed by atoms with E-state index in [2.05, 4.69) is 29.2 Å². The second-order valence-corrected chi connectivity index (χ2v) is 8.77. The Kier molecular flexibility index (Phi) is 7.03. The molecular formula is C26H34N2O2. The van der Waals surface area contributed by atoms with Crippen LogP contribution in [0.25, 0.3) is 0 Å². The summed E-state index contributed by atoms with van der Waals surface area (Å²) < 4.78 is 5.75. The molecule has 2 aromatic rings. The van der Waals surface area contributed by atoms with Crippen LogP contribution in [0.15, 0.2) is 42.6 Å². The summed E-state index contributed by atoms with van der Waals surface area (Å²) in [6.07, 6.45) is 10.9. The smallest absolute Gasteiger partial charge is 0.225 e. The Bertz CT molecular complexity index is 827. The van der Waals surface area contributed by atoms with Crippen molar-refractivity contribution in [2.75, 3.05) is 19.7 Å². The van der Waals surface area contributed by atoms with Gasteiger partial charge >= 0.3 is 0 Å². The number of hydrogen-bond donors (Lipinski definition) is 0. The number of rotatable bonds is 6. The Labute approximate surface area is 180 Å². The number of pyridine rings is 1. The highest BCUT2D eigenvalue weighted by molar-refractivity contribution is 5.79. The van der Waals surface area contributed by atoms with E-state index >= 15 is 0 Å². The SMILES string of the molecule is CCOc1ccccc1Cc1ccc([C@@H]2CCCN(C(=O)C3CCCCC3)C2)nc1. The number of carbonyl (C=O) groups excluding carboxylic acids is 1. The molecule has 30 heavy (non-hydrogen) atoms. The van der Waals surface area contributed by atoms with Gasteiger partial charge in [-0.1, -0.05) is 43.5 Å². The number of amides is 1. The zero-order valence-corrected chi connectivity index (χ0v) is 18.2. The summed E-state index contributed by atoms with van der Waals surface area (Å²) >= 11 is 0. The summed E-state index contributed by atoms with van der Waals surface area (Å²) in [7, 11) is 0. The largest absolute Gasteiger partial charge is 0.494 e. The molecule has 1 aliphatic heterocycles. The third-order valence-electron chi connectivity index (χ3n) is 6.62. The molecule has 160 valence electrons. The second-order valence-electron chi connectivity index (χ2n) is 8.77. The van der Waals surface area contributed by atoms with Crippen LogP contribution in [0.2, 0.25) is 0 Å². The molecule has 1 atom stereocenters. The Morgan fingerprint density at radius 2 is 1.90 bits per heavy atom. The fraction of sp³-hybridized carbons (Fsp3) is 0.538. The maximum absolute atomic E-state index is 13.0. The van der Waals surface area contributed by atoms with Crippen LogP contribution < -0.4 is 4.74 Å². The molecule has 4 rings (SSSR count). The van der Waals surface area contributed by atoms with E-state index in [0.717, 1.165) is 56.6 Å². The van der Waals surface area contributed by atoms with Crippen LogP contribution in [0.1, 0.15) is 74.6 Å². The zero-order valence-electron chi connectivity index (χ0n) is 18.2. The number of ether oxygens (including phenoxy) is 1. The number of nitrogens with zero attached hydrogens (tertiary/aromatic N) is 2. The van der Waals surface area contributed by atoms with E-state index in [1.165, 1.54) is 30.4 Å². The van der Waals surface area contributed by atoms with Crippen molar-refractivity contribution in [3.63, 3.8) is 0 Å². The average molecular weight is 407 g/mol. The normalized spacial score (nSPS) is 20.2. The van der Waals surface area contributed by atoms with Gasteiger partial charge in [-0.05, 0) is 55.9 Å². The van der Waals surface area contributed by atoms with Gasteiger partial charge in [-0.3, -0.25) is 9.78 Å². The van der Waals surface area contributed by atoms with Gasteiger partial charge in [-0.2, -0.15) is 0 Å². The summed E-state index contributed by atoms with van der Waals surface area (Å²) in [4.78, 5) is 19.9. The molecule has 2 aliphatic rings. The minimum absolute atomic E-state index is 0.262. The molecule has 1 saturated heterocycles. The maximum atomic E-state index is 13.0. The lowest BCUT2D eigenvalue weighted by atomic mass is 9.86. The Morgan fingerprint density at radius 1 is 1.07 bits per heavy atom. The molecule has 1 saturated carbocycles. The first-order chi connectivity index (χ1) is 14.7. The molecule has 0 unspecified atom stereocenters. The van der Waals surface area contributed by atoms with Crippen molar-refractivity contribution in [2.45, 2.75) is 64.2 Å². The average Bonchev–Trinajstić information content (AvgIpc) is 2.81. The van der Waals surface area contributed by atoms with E-state index in [1.807, 2.05) is 25.3 Å². The van der Waals surface area contributed by atoms with Gasteiger partial charge in [0.05, 0.1) is 6.61 Å². The highest BCUT2D eigenvalue weighted by atomic mass is 16.5. The summed E-state index contributed by atoms with van der Waals surface area (Å²) in [5.41, 5.74) is 3.51. The molecule has 0 bridgehead atoms. The predicted molar refractivity (Wildman–Crippen MR) is 120 cm³/mol. The van der Waals surface area contributed by atoms with Crippen molar-refractivity contribution in [2.24, 2.45) is 5.92 Å². The number of carbonyl (C=O) groups is 1. The number of likely N-dealkylation sites (tertiary alicyclic amines) is 1.